The van der Waals surface area contributed by atoms with Crippen LogP contribution >= 0.6 is 12.2 Å². The number of imidazole rings is 1. The molecule has 79 heavy (non-hydrogen) atoms. The maximum atomic E-state index is 12.6. The van der Waals surface area contributed by atoms with Crippen molar-refractivity contribution >= 4 is 80.6 Å². The molecule has 2 fully saturated rings. The highest BCUT2D eigenvalue weighted by molar-refractivity contribution is 7.78. The number of isothiocyanates is 1. The molecule has 2 saturated heterocycles. The highest BCUT2D eigenvalue weighted by Gasteiger charge is 2.21. The lowest BCUT2D eigenvalue weighted by Crippen LogP contribution is -2.38. The molecule has 0 atom stereocenters. The quantitative estimate of drug-likeness (QED) is 0.0393. The number of amides is 2. The van der Waals surface area contributed by atoms with Gasteiger partial charge in [0.15, 0.2) is 0 Å². The summed E-state index contributed by atoms with van der Waals surface area (Å²) in [7, 11) is 3.81. The molecule has 9 rings (SSSR count). The maximum absolute atomic E-state index is 12.6. The van der Waals surface area contributed by atoms with Gasteiger partial charge in [-0.15, -0.1) is 0 Å². The summed E-state index contributed by atoms with van der Waals surface area (Å²) in [6.45, 7) is 22.3. The van der Waals surface area contributed by atoms with Crippen LogP contribution in [0.2, 0.25) is 0 Å². The molecule has 16 nitrogen and oxygen atoms in total. The molecule has 0 spiro atoms. The third-order valence-electron chi connectivity index (χ3n) is 14.0. The first-order chi connectivity index (χ1) is 37.7. The van der Waals surface area contributed by atoms with Crippen LogP contribution in [0.5, 0.6) is 23.0 Å². The van der Waals surface area contributed by atoms with Gasteiger partial charge in [-0.3, -0.25) is 19.4 Å². The average molecular weight is 1090 g/mol. The minimum Gasteiger partial charge on any atom is -0.457 e. The number of carbonyl (C=O) groups is 2. The molecule has 17 heteroatoms. The molecule has 2 aliphatic heterocycles. The van der Waals surface area contributed by atoms with Crippen LogP contribution in [0.4, 0.5) is 40.3 Å². The largest absolute Gasteiger partial charge is 0.457 e. The SMILES string of the molecule is CC(C)(C)c1cccc(N=C=S)c1.CC1CCN(CC(=O)Nc2cc(Oc3ccc4c(c3)nc(Nc3cccc(C(C)(C)C)c3)n4C)ccn2)CC1.CNc1ccc(Oc2ccnc(NC(=O)CN3CCC(C)CC3)c2)cc1N. The first-order valence-electron chi connectivity index (χ1n) is 27.1. The van der Waals surface area contributed by atoms with Gasteiger partial charge >= 0.3 is 0 Å². The topological polar surface area (TPSA) is 189 Å². The van der Waals surface area contributed by atoms with Crippen molar-refractivity contribution in [1.82, 2.24) is 29.3 Å². The van der Waals surface area contributed by atoms with Gasteiger partial charge in [0.2, 0.25) is 17.8 Å². The Kier molecular flexibility index (Phi) is 20.4. The number of nitrogens with zero attached hydrogens (tertiary/aromatic N) is 7. The minimum absolute atomic E-state index is 0.0582. The van der Waals surface area contributed by atoms with E-state index >= 15 is 0 Å². The number of fused-ring (bicyclic) bond motifs is 1. The van der Waals surface area contributed by atoms with Crippen molar-refractivity contribution in [3.05, 3.63) is 133 Å². The third kappa shape index (κ3) is 17.9. The number of rotatable bonds is 14. The zero-order valence-corrected chi connectivity index (χ0v) is 48.3. The molecule has 6 N–H and O–H groups in total. The first kappa shape index (κ1) is 59.0. The Morgan fingerprint density at radius 2 is 1.19 bits per heavy atom. The Balaban J connectivity index is 0.000000194. The molecule has 0 saturated carbocycles. The number of carbonyl (C=O) groups excluding carboxylic acids is 2. The smallest absolute Gasteiger partial charge is 0.239 e. The molecule has 0 aliphatic carbocycles. The number of aryl methyl sites for hydroxylation is 1. The molecule has 7 aromatic rings. The van der Waals surface area contributed by atoms with Gasteiger partial charge in [-0.25, -0.2) is 15.0 Å². The Morgan fingerprint density at radius 3 is 1.71 bits per heavy atom. The fraction of sp³-hybridized carbons (Fsp3) is 0.387. The van der Waals surface area contributed by atoms with Crippen molar-refractivity contribution in [1.29, 1.82) is 0 Å². The van der Waals surface area contributed by atoms with Crippen molar-refractivity contribution in [2.24, 2.45) is 23.9 Å². The molecule has 0 unspecified atom stereocenters. The molecular formula is C62H78N12O4S. The summed E-state index contributed by atoms with van der Waals surface area (Å²) in [6, 6.07) is 34.7. The number of aliphatic imine (C=N–C) groups is 1. The minimum atomic E-state index is -0.0585. The second-order valence-electron chi connectivity index (χ2n) is 22.6. The van der Waals surface area contributed by atoms with E-state index in [4.69, 9.17) is 20.2 Å². The Bertz CT molecular complexity index is 3220. The Hall–Kier alpha value is -7.69. The van der Waals surface area contributed by atoms with Crippen molar-refractivity contribution in [2.75, 3.05) is 73.3 Å². The van der Waals surface area contributed by atoms with E-state index in [2.05, 4.69) is 149 Å². The fourth-order valence-electron chi connectivity index (χ4n) is 9.04. The van der Waals surface area contributed by atoms with Crippen LogP contribution in [-0.2, 0) is 27.5 Å². The van der Waals surface area contributed by atoms with Crippen molar-refractivity contribution in [3.8, 4) is 23.0 Å². The molecule has 0 bridgehead atoms. The van der Waals surface area contributed by atoms with Gasteiger partial charge in [0.1, 0.15) is 34.6 Å². The zero-order valence-electron chi connectivity index (χ0n) is 47.5. The summed E-state index contributed by atoms with van der Waals surface area (Å²) < 4.78 is 14.0. The summed E-state index contributed by atoms with van der Waals surface area (Å²) in [4.78, 5) is 46.5. The van der Waals surface area contributed by atoms with E-state index in [1.54, 1.807) is 42.7 Å². The van der Waals surface area contributed by atoms with Crippen LogP contribution < -0.4 is 36.5 Å². The molecule has 2 aliphatic rings. The maximum Gasteiger partial charge on any atom is 0.239 e. The highest BCUT2D eigenvalue weighted by atomic mass is 32.1. The van der Waals surface area contributed by atoms with Crippen LogP contribution in [0.1, 0.15) is 92.2 Å². The number of nitrogens with two attached hydrogens (primary N) is 1. The molecule has 2 amide bonds. The van der Waals surface area contributed by atoms with Gasteiger partial charge in [-0.2, -0.15) is 4.99 Å². The molecule has 5 heterocycles. The van der Waals surface area contributed by atoms with Crippen LogP contribution in [0.25, 0.3) is 11.0 Å². The van der Waals surface area contributed by atoms with Crippen LogP contribution in [0.3, 0.4) is 0 Å². The zero-order chi connectivity index (χ0) is 56.7. The van der Waals surface area contributed by atoms with Crippen molar-refractivity contribution in [2.45, 2.75) is 91.9 Å². The molecule has 3 aromatic heterocycles. The number of hydrogen-bond acceptors (Lipinski definition) is 14. The van der Waals surface area contributed by atoms with E-state index < -0.39 is 0 Å². The number of hydrogen-bond donors (Lipinski definition) is 5. The van der Waals surface area contributed by atoms with Gasteiger partial charge in [0, 0.05) is 56.4 Å². The van der Waals surface area contributed by atoms with E-state index in [0.717, 1.165) is 97.7 Å². The number of thiocarbonyl (C=S) groups is 1. The van der Waals surface area contributed by atoms with Crippen LogP contribution in [0.15, 0.2) is 127 Å². The summed E-state index contributed by atoms with van der Waals surface area (Å²) in [5.74, 6) is 5.54. The van der Waals surface area contributed by atoms with E-state index in [1.165, 1.54) is 11.1 Å². The molecule has 0 radical (unpaired) electrons. The number of benzene rings is 4. The van der Waals surface area contributed by atoms with Crippen LogP contribution in [0, 0.1) is 11.8 Å². The lowest BCUT2D eigenvalue weighted by Gasteiger charge is -2.29. The van der Waals surface area contributed by atoms with Gasteiger partial charge < -0.3 is 41.0 Å². The normalized spacial score (nSPS) is 14.4. The number of likely N-dealkylation sites (tertiary alicyclic amines) is 2. The lowest BCUT2D eigenvalue weighted by atomic mass is 9.87. The lowest BCUT2D eigenvalue weighted by molar-refractivity contribution is -0.118. The van der Waals surface area contributed by atoms with Gasteiger partial charge in [0.25, 0.3) is 0 Å². The second kappa shape index (κ2) is 27.3. The summed E-state index contributed by atoms with van der Waals surface area (Å²) in [6.07, 6.45) is 7.81. The van der Waals surface area contributed by atoms with Gasteiger partial charge in [-0.1, -0.05) is 79.7 Å². The standard InChI is InChI=1S/C31H38N6O2.C20H27N5O2.C11H13NS/c1-21-12-15-37(16-13-21)20-29(38)35-28-19-25(11-14-32-28)39-24-9-10-27-26(18-24)34-30(36(27)5)33-23-8-6-7-22(17-23)31(2,3)4;1-14-6-9-25(10-7-14)13-20(26)24-19-12-16(5-8-23-19)27-15-3-4-18(22-2)17(21)11-15;1-11(2,3)9-5-4-6-10(7-9)12-8-13/h6-11,14,17-19,21H,12-13,15-16,20H2,1-5H3,(H,33,34)(H,32,35,38);3-5,8,11-12,14,22H,6-7,9-10,13,21H2,1-2H3,(H,23,24,26);4-7H,1-3H3. The number of aromatic nitrogens is 4. The summed E-state index contributed by atoms with van der Waals surface area (Å²) in [5, 5.41) is 14.6. The predicted octanol–water partition coefficient (Wildman–Crippen LogP) is 13.4. The number of nitrogen functional groups attached to an aromatic ring is 1. The van der Waals surface area contributed by atoms with E-state index in [0.29, 0.717) is 53.4 Å². The molecular weight excluding hydrogens is 1010 g/mol. The van der Waals surface area contributed by atoms with Crippen LogP contribution in [-0.4, -0.2) is 92.6 Å². The van der Waals surface area contributed by atoms with Crippen molar-refractivity contribution < 1.29 is 19.1 Å². The number of ether oxygens (including phenoxy) is 2. The molecule has 416 valence electrons. The van der Waals surface area contributed by atoms with E-state index in [-0.39, 0.29) is 22.6 Å². The summed E-state index contributed by atoms with van der Waals surface area (Å²) in [5.41, 5.74) is 13.9. The Labute approximate surface area is 471 Å². The average Bonchev–Trinajstić information content (AvgIpc) is 3.75. The number of nitrogens with one attached hydrogen (secondary N) is 4. The molecule has 4 aromatic carbocycles. The monoisotopic (exact) mass is 1090 g/mol. The second-order valence-corrected chi connectivity index (χ2v) is 22.8. The predicted molar refractivity (Wildman–Crippen MR) is 325 cm³/mol. The highest BCUT2D eigenvalue weighted by Crippen LogP contribution is 2.32. The third-order valence-corrected chi connectivity index (χ3v) is 14.1. The first-order valence-corrected chi connectivity index (χ1v) is 27.5. The summed E-state index contributed by atoms with van der Waals surface area (Å²) >= 11 is 4.55. The Morgan fingerprint density at radius 1 is 0.684 bits per heavy atom. The fourth-order valence-corrected chi connectivity index (χ4v) is 9.15. The number of anilines is 6. The van der Waals surface area contributed by atoms with Gasteiger partial charge in [0.05, 0.1) is 46.3 Å². The van der Waals surface area contributed by atoms with E-state index in [9.17, 15) is 9.59 Å². The van der Waals surface area contributed by atoms with Gasteiger partial charge in [-0.05, 0) is 159 Å². The van der Waals surface area contributed by atoms with E-state index in [1.807, 2.05) is 67.2 Å². The number of pyridine rings is 2. The van der Waals surface area contributed by atoms with Crippen molar-refractivity contribution in [3.63, 3.8) is 0 Å². The number of piperidine rings is 2.